The summed E-state index contributed by atoms with van der Waals surface area (Å²) in [4.78, 5) is 46.8. The Labute approximate surface area is 230 Å². The summed E-state index contributed by atoms with van der Waals surface area (Å²) in [6, 6.07) is -1.20. The number of carbonyl (C=O) groups is 3. The fraction of sp³-hybridized carbons (Fsp3) is 0.655. The van der Waals surface area contributed by atoms with Gasteiger partial charge in [-0.2, -0.15) is 0 Å². The van der Waals surface area contributed by atoms with Crippen LogP contribution in [0.2, 0.25) is 0 Å². The predicted octanol–water partition coefficient (Wildman–Crippen LogP) is 4.22. The molecule has 1 aromatic heterocycles. The van der Waals surface area contributed by atoms with Gasteiger partial charge in [0.1, 0.15) is 17.8 Å². The average molecular weight is 543 g/mol. The second-order valence-corrected chi connectivity index (χ2v) is 12.9. The van der Waals surface area contributed by atoms with E-state index in [-0.39, 0.29) is 35.7 Å². The third-order valence-corrected chi connectivity index (χ3v) is 8.47. The van der Waals surface area contributed by atoms with Gasteiger partial charge in [0.15, 0.2) is 0 Å². The van der Waals surface area contributed by atoms with Crippen LogP contribution in [0.25, 0.3) is 0 Å². The average Bonchev–Trinajstić information content (AvgIpc) is 3.42. The monoisotopic (exact) mass is 542 g/mol. The number of nitrogens with zero attached hydrogens (tertiary/aromatic N) is 2. The van der Waals surface area contributed by atoms with Crippen molar-refractivity contribution >= 4 is 29.1 Å². The highest BCUT2D eigenvalue weighted by atomic mass is 32.1. The third-order valence-electron chi connectivity index (χ3n) is 7.41. The van der Waals surface area contributed by atoms with E-state index < -0.39 is 17.5 Å². The summed E-state index contributed by atoms with van der Waals surface area (Å²) in [5.41, 5.74) is 3.40. The molecule has 1 aromatic rings. The topological polar surface area (TPSA) is 101 Å². The highest BCUT2D eigenvalue weighted by molar-refractivity contribution is 7.09. The van der Waals surface area contributed by atoms with Crippen LogP contribution in [0.3, 0.4) is 0 Å². The smallest absolute Gasteiger partial charge is 0.246 e. The van der Waals surface area contributed by atoms with Crippen LogP contribution in [-0.4, -0.2) is 58.9 Å². The Morgan fingerprint density at radius 2 is 1.92 bits per heavy atom. The van der Waals surface area contributed by atoms with Gasteiger partial charge in [0, 0.05) is 35.4 Å². The normalized spacial score (nSPS) is 22.6. The lowest BCUT2D eigenvalue weighted by molar-refractivity contribution is -0.144. The molecule has 8 nitrogen and oxygen atoms in total. The minimum Gasteiger partial charge on any atom is -0.491 e. The molecule has 1 saturated heterocycles. The number of aryl methyl sites for hydroxylation is 1. The Bertz CT molecular complexity index is 1110. The lowest BCUT2D eigenvalue weighted by Crippen LogP contribution is -2.58. The van der Waals surface area contributed by atoms with Crippen LogP contribution in [0.5, 0.6) is 0 Å². The van der Waals surface area contributed by atoms with Gasteiger partial charge < -0.3 is 20.3 Å². The molecule has 3 aliphatic rings. The number of allylic oxidation sites excluding steroid dienone is 2. The molecule has 0 aromatic carbocycles. The molecular weight excluding hydrogens is 500 g/mol. The van der Waals surface area contributed by atoms with E-state index >= 15 is 0 Å². The van der Waals surface area contributed by atoms with E-state index in [9.17, 15) is 14.4 Å². The van der Waals surface area contributed by atoms with Crippen LogP contribution in [0, 0.1) is 18.3 Å². The summed E-state index contributed by atoms with van der Waals surface area (Å²) < 4.78 is 6.14. The zero-order chi connectivity index (χ0) is 27.6. The summed E-state index contributed by atoms with van der Waals surface area (Å²) in [6.45, 7) is 12.7. The number of hydrogen-bond donors (Lipinski definition) is 2. The van der Waals surface area contributed by atoms with Crippen LogP contribution >= 0.6 is 11.3 Å². The van der Waals surface area contributed by atoms with Crippen molar-refractivity contribution in [3.8, 4) is 0 Å². The number of hydrogen-bond acceptors (Lipinski definition) is 6. The molecule has 2 N–H and O–H groups in total. The first-order valence-electron chi connectivity index (χ1n) is 13.8. The quantitative estimate of drug-likeness (QED) is 0.487. The van der Waals surface area contributed by atoms with Gasteiger partial charge in [-0.05, 0) is 64.4 Å². The molecule has 4 rings (SSSR count). The number of carbonyl (C=O) groups excluding carboxylic acids is 3. The Morgan fingerprint density at radius 3 is 2.53 bits per heavy atom. The maximum atomic E-state index is 13.6. The van der Waals surface area contributed by atoms with E-state index in [0.717, 1.165) is 42.7 Å². The van der Waals surface area contributed by atoms with E-state index in [1.165, 1.54) is 4.88 Å². The molecule has 0 bridgehead atoms. The largest absolute Gasteiger partial charge is 0.491 e. The first-order valence-corrected chi connectivity index (χ1v) is 14.7. The van der Waals surface area contributed by atoms with Crippen LogP contribution in [-0.2, 0) is 19.1 Å². The fourth-order valence-electron chi connectivity index (χ4n) is 5.13. The number of amides is 3. The van der Waals surface area contributed by atoms with Crippen molar-refractivity contribution in [2.45, 2.75) is 97.8 Å². The molecular formula is C29H42N4O4S. The summed E-state index contributed by atoms with van der Waals surface area (Å²) in [6.07, 6.45) is 8.24. The van der Waals surface area contributed by atoms with E-state index in [2.05, 4.69) is 27.8 Å². The molecule has 1 saturated carbocycles. The summed E-state index contributed by atoms with van der Waals surface area (Å²) >= 11 is 1.65. The van der Waals surface area contributed by atoms with Crippen molar-refractivity contribution in [2.24, 2.45) is 11.3 Å². The SMILES string of the molecule is Cc1ncsc1C1C=C(OC(C)C)C(CNC(=O)C2CCCN2C(=O)C(NC(=O)C2CC2)C(C)(C)C)=CC1. The van der Waals surface area contributed by atoms with Gasteiger partial charge in [-0.15, -0.1) is 11.3 Å². The van der Waals surface area contributed by atoms with Gasteiger partial charge in [0.2, 0.25) is 17.7 Å². The number of thiazole rings is 1. The molecule has 0 radical (unpaired) electrons. The number of nitrogens with one attached hydrogen (secondary N) is 2. The van der Waals surface area contributed by atoms with Gasteiger partial charge in [0.25, 0.3) is 0 Å². The Hall–Kier alpha value is -2.68. The first-order chi connectivity index (χ1) is 18.0. The molecule has 0 spiro atoms. The zero-order valence-corrected chi connectivity index (χ0v) is 24.3. The summed E-state index contributed by atoms with van der Waals surface area (Å²) in [5.74, 6) is 0.621. The van der Waals surface area contributed by atoms with Gasteiger partial charge in [-0.3, -0.25) is 14.4 Å². The molecule has 3 amide bonds. The van der Waals surface area contributed by atoms with Gasteiger partial charge >= 0.3 is 0 Å². The molecule has 3 unspecified atom stereocenters. The molecule has 3 atom stereocenters. The predicted molar refractivity (Wildman–Crippen MR) is 148 cm³/mol. The van der Waals surface area contributed by atoms with Crippen molar-refractivity contribution < 1.29 is 19.1 Å². The maximum Gasteiger partial charge on any atom is 0.246 e. The van der Waals surface area contributed by atoms with E-state index in [1.54, 1.807) is 16.2 Å². The van der Waals surface area contributed by atoms with E-state index in [4.69, 9.17) is 4.74 Å². The fourth-order valence-corrected chi connectivity index (χ4v) is 6.02. The van der Waals surface area contributed by atoms with Crippen LogP contribution in [0.1, 0.15) is 83.2 Å². The van der Waals surface area contributed by atoms with Crippen molar-refractivity contribution in [3.63, 3.8) is 0 Å². The molecule has 208 valence electrons. The molecule has 38 heavy (non-hydrogen) atoms. The van der Waals surface area contributed by atoms with Crippen LogP contribution in [0.15, 0.2) is 29.0 Å². The molecule has 9 heteroatoms. The van der Waals surface area contributed by atoms with Crippen molar-refractivity contribution in [1.82, 2.24) is 20.5 Å². The van der Waals surface area contributed by atoms with Crippen molar-refractivity contribution in [2.75, 3.05) is 13.1 Å². The Kier molecular flexibility index (Phi) is 8.65. The zero-order valence-electron chi connectivity index (χ0n) is 23.5. The van der Waals surface area contributed by atoms with E-state index in [1.807, 2.05) is 47.1 Å². The summed E-state index contributed by atoms with van der Waals surface area (Å²) in [5, 5.41) is 6.05. The lowest BCUT2D eigenvalue weighted by Gasteiger charge is -2.35. The Morgan fingerprint density at radius 1 is 1.18 bits per heavy atom. The minimum atomic E-state index is -0.661. The van der Waals surface area contributed by atoms with E-state index in [0.29, 0.717) is 19.5 Å². The lowest BCUT2D eigenvalue weighted by atomic mass is 9.85. The molecule has 2 aliphatic carbocycles. The van der Waals surface area contributed by atoms with Crippen molar-refractivity contribution in [1.29, 1.82) is 0 Å². The number of rotatable bonds is 9. The second-order valence-electron chi connectivity index (χ2n) is 12.1. The number of aromatic nitrogens is 1. The Balaban J connectivity index is 1.42. The highest BCUT2D eigenvalue weighted by Crippen LogP contribution is 2.35. The first kappa shape index (κ1) is 28.3. The highest BCUT2D eigenvalue weighted by Gasteiger charge is 2.43. The standard InChI is InChI=1S/C29H42N4O4S/c1-17(2)37-23-14-20(24-18(3)31-16-38-24)11-12-21(23)15-30-27(35)22-8-7-13-33(22)28(36)25(29(4,5)6)32-26(34)19-9-10-19/h12,14,16-17,19-20,22,25H,7-11,13,15H2,1-6H3,(H,30,35)(H,32,34). The van der Waals surface area contributed by atoms with Gasteiger partial charge in [-0.25, -0.2) is 4.98 Å². The van der Waals surface area contributed by atoms with Crippen LogP contribution < -0.4 is 10.6 Å². The van der Waals surface area contributed by atoms with Gasteiger partial charge in [0.05, 0.1) is 17.3 Å². The molecule has 2 heterocycles. The number of likely N-dealkylation sites (tertiary alicyclic amines) is 1. The summed E-state index contributed by atoms with van der Waals surface area (Å²) in [7, 11) is 0. The maximum absolute atomic E-state index is 13.6. The van der Waals surface area contributed by atoms with Crippen LogP contribution in [0.4, 0.5) is 0 Å². The van der Waals surface area contributed by atoms with Crippen molar-refractivity contribution in [3.05, 3.63) is 39.6 Å². The minimum absolute atomic E-state index is 0.00443. The van der Waals surface area contributed by atoms with Gasteiger partial charge in [-0.1, -0.05) is 26.8 Å². The second kappa shape index (κ2) is 11.6. The molecule has 1 aliphatic heterocycles. The molecule has 2 fully saturated rings. The number of ether oxygens (including phenoxy) is 1. The third kappa shape index (κ3) is 6.65.